The second kappa shape index (κ2) is 3.36. The Labute approximate surface area is 78.0 Å². The van der Waals surface area contributed by atoms with E-state index < -0.39 is 0 Å². The van der Waals surface area contributed by atoms with Crippen molar-refractivity contribution in [2.45, 2.75) is 0 Å². The maximum atomic E-state index is 8.44. The van der Waals surface area contributed by atoms with Gasteiger partial charge in [0.05, 0.1) is 0 Å². The van der Waals surface area contributed by atoms with Gasteiger partial charge in [-0.1, -0.05) is 23.2 Å². The molecule has 0 aliphatic rings. The summed E-state index contributed by atoms with van der Waals surface area (Å²) < 4.78 is 0. The van der Waals surface area contributed by atoms with E-state index in [1.54, 1.807) is 12.1 Å². The Kier molecular flexibility index (Phi) is 2.44. The molecule has 1 heterocycles. The van der Waals surface area contributed by atoms with Crippen LogP contribution in [0.5, 0.6) is 0 Å². The van der Waals surface area contributed by atoms with E-state index in [9.17, 15) is 0 Å². The summed E-state index contributed by atoms with van der Waals surface area (Å²) in [5.74, 6) is 0. The second-order valence-corrected chi connectivity index (χ2v) is 2.44. The molecule has 0 N–H and O–H groups in total. The third kappa shape index (κ3) is 1.45. The van der Waals surface area contributed by atoms with Gasteiger partial charge in [-0.2, -0.15) is 10.5 Å². The average molecular weight is 199 g/mol. The molecule has 0 fully saturated rings. The Bertz CT molecular complexity index is 366. The molecule has 0 radical (unpaired) electrons. The lowest BCUT2D eigenvalue weighted by Gasteiger charge is -1.95. The van der Waals surface area contributed by atoms with Crippen molar-refractivity contribution >= 4 is 23.2 Å². The molecule has 4 nitrogen and oxygen atoms in total. The molecule has 12 heavy (non-hydrogen) atoms. The lowest BCUT2D eigenvalue weighted by molar-refractivity contribution is 1.13. The number of nitrogens with zero attached hydrogens (tertiary/aromatic N) is 4. The molecule has 0 saturated heterocycles. The lowest BCUT2D eigenvalue weighted by atomic mass is 10.4. The molecule has 0 atom stereocenters. The first-order chi connectivity index (χ1) is 5.69. The van der Waals surface area contributed by atoms with Gasteiger partial charge in [0.15, 0.2) is 21.7 Å². The van der Waals surface area contributed by atoms with Gasteiger partial charge in [-0.3, -0.25) is 0 Å². The second-order valence-electron chi connectivity index (χ2n) is 1.73. The summed E-state index contributed by atoms with van der Waals surface area (Å²) in [7, 11) is 0. The maximum absolute atomic E-state index is 8.44. The fourth-order valence-corrected chi connectivity index (χ4v) is 0.920. The van der Waals surface area contributed by atoms with Crippen LogP contribution in [0.3, 0.4) is 0 Å². The van der Waals surface area contributed by atoms with Gasteiger partial charge in [0.1, 0.15) is 12.1 Å². The summed E-state index contributed by atoms with van der Waals surface area (Å²) in [6.45, 7) is 0. The summed E-state index contributed by atoms with van der Waals surface area (Å²) >= 11 is 10.9. The molecule has 0 bridgehead atoms. The molecule has 0 aromatic carbocycles. The Hall–Kier alpha value is -1.36. The van der Waals surface area contributed by atoms with E-state index in [1.807, 2.05) is 0 Å². The first-order valence-corrected chi connectivity index (χ1v) is 3.48. The summed E-state index contributed by atoms with van der Waals surface area (Å²) in [6.07, 6.45) is 0. The van der Waals surface area contributed by atoms with Gasteiger partial charge >= 0.3 is 0 Å². The van der Waals surface area contributed by atoms with Gasteiger partial charge in [-0.15, -0.1) is 0 Å². The van der Waals surface area contributed by atoms with Crippen LogP contribution in [0.4, 0.5) is 0 Å². The van der Waals surface area contributed by atoms with E-state index in [4.69, 9.17) is 33.7 Å². The molecule has 0 aliphatic carbocycles. The normalized spacial score (nSPS) is 8.67. The third-order valence-corrected chi connectivity index (χ3v) is 1.55. The molecule has 0 unspecified atom stereocenters. The molecule has 1 aromatic rings. The Balaban J connectivity index is 3.42. The molecule has 0 saturated carbocycles. The number of nitriles is 2. The standard InChI is InChI=1S/C6Cl2N4/c7-5-3(1-9)11-4(2-10)6(8)12-5. The Morgan fingerprint density at radius 1 is 0.917 bits per heavy atom. The molecule has 1 rings (SSSR count). The monoisotopic (exact) mass is 198 g/mol. The van der Waals surface area contributed by atoms with Crippen molar-refractivity contribution in [3.8, 4) is 12.1 Å². The van der Waals surface area contributed by atoms with Gasteiger partial charge in [-0.05, 0) is 0 Å². The van der Waals surface area contributed by atoms with Crippen LogP contribution in [0.15, 0.2) is 0 Å². The highest BCUT2D eigenvalue weighted by Gasteiger charge is 2.09. The van der Waals surface area contributed by atoms with Crippen molar-refractivity contribution in [1.82, 2.24) is 9.97 Å². The molecule has 1 aromatic heterocycles. The van der Waals surface area contributed by atoms with E-state index in [1.165, 1.54) is 0 Å². The van der Waals surface area contributed by atoms with E-state index in [0.717, 1.165) is 0 Å². The quantitative estimate of drug-likeness (QED) is 0.634. The summed E-state index contributed by atoms with van der Waals surface area (Å²) in [5, 5.41) is 16.7. The SMILES string of the molecule is N#Cc1nc(C#N)c(Cl)nc1Cl. The molecular weight excluding hydrogens is 199 g/mol. The van der Waals surface area contributed by atoms with E-state index >= 15 is 0 Å². The number of halogens is 2. The maximum Gasteiger partial charge on any atom is 0.179 e. The Morgan fingerprint density at radius 3 is 1.67 bits per heavy atom. The van der Waals surface area contributed by atoms with Crippen molar-refractivity contribution in [2.75, 3.05) is 0 Å². The average Bonchev–Trinajstić information content (AvgIpc) is 2.05. The van der Waals surface area contributed by atoms with Crippen molar-refractivity contribution in [1.29, 1.82) is 10.5 Å². The summed E-state index contributed by atoms with van der Waals surface area (Å²) in [6, 6.07) is 3.36. The van der Waals surface area contributed by atoms with Crippen LogP contribution < -0.4 is 0 Å². The van der Waals surface area contributed by atoms with Crippen LogP contribution in [0.1, 0.15) is 11.4 Å². The zero-order valence-electron chi connectivity index (χ0n) is 5.54. The molecule has 0 amide bonds. The fraction of sp³-hybridized carbons (Fsp3) is 0. The van der Waals surface area contributed by atoms with Gasteiger partial charge in [0, 0.05) is 0 Å². The highest BCUT2D eigenvalue weighted by Crippen LogP contribution is 2.16. The molecule has 0 spiro atoms. The van der Waals surface area contributed by atoms with Gasteiger partial charge in [0.25, 0.3) is 0 Å². The predicted octanol–water partition coefficient (Wildman–Crippen LogP) is 1.53. The Morgan fingerprint density at radius 2 is 1.33 bits per heavy atom. The zero-order valence-corrected chi connectivity index (χ0v) is 7.06. The zero-order chi connectivity index (χ0) is 9.14. The van der Waals surface area contributed by atoms with Crippen molar-refractivity contribution < 1.29 is 0 Å². The summed E-state index contributed by atoms with van der Waals surface area (Å²) in [5.41, 5.74) is -0.199. The first kappa shape index (κ1) is 8.73. The molecule has 0 aliphatic heterocycles. The smallest absolute Gasteiger partial charge is 0.179 e. The van der Waals surface area contributed by atoms with Gasteiger partial charge in [-0.25, -0.2) is 9.97 Å². The number of hydrogen-bond acceptors (Lipinski definition) is 4. The first-order valence-electron chi connectivity index (χ1n) is 2.72. The minimum absolute atomic E-state index is 0.0958. The van der Waals surface area contributed by atoms with Crippen LogP contribution >= 0.6 is 23.2 Å². The molecular formula is C6Cl2N4. The van der Waals surface area contributed by atoms with Crippen LogP contribution in [0.25, 0.3) is 0 Å². The lowest BCUT2D eigenvalue weighted by Crippen LogP contribution is -1.94. The van der Waals surface area contributed by atoms with Crippen LogP contribution in [0, 0.1) is 22.7 Å². The topological polar surface area (TPSA) is 73.4 Å². The predicted molar refractivity (Wildman–Crippen MR) is 41.5 cm³/mol. The van der Waals surface area contributed by atoms with Gasteiger partial charge in [0.2, 0.25) is 0 Å². The van der Waals surface area contributed by atoms with Crippen LogP contribution in [-0.2, 0) is 0 Å². The molecule has 6 heteroatoms. The minimum Gasteiger partial charge on any atom is -0.220 e. The number of hydrogen-bond donors (Lipinski definition) is 0. The van der Waals surface area contributed by atoms with E-state index in [2.05, 4.69) is 9.97 Å². The van der Waals surface area contributed by atoms with Crippen molar-refractivity contribution in [2.24, 2.45) is 0 Å². The largest absolute Gasteiger partial charge is 0.220 e. The minimum atomic E-state index is -0.0994. The number of aromatic nitrogens is 2. The van der Waals surface area contributed by atoms with E-state index in [0.29, 0.717) is 0 Å². The van der Waals surface area contributed by atoms with Crippen LogP contribution in [-0.4, -0.2) is 9.97 Å². The highest BCUT2D eigenvalue weighted by molar-refractivity contribution is 6.33. The molecule has 58 valence electrons. The number of rotatable bonds is 0. The fourth-order valence-electron chi connectivity index (χ4n) is 0.538. The summed E-state index contributed by atoms with van der Waals surface area (Å²) in [4.78, 5) is 7.10. The van der Waals surface area contributed by atoms with E-state index in [-0.39, 0.29) is 21.7 Å². The van der Waals surface area contributed by atoms with Crippen molar-refractivity contribution in [3.63, 3.8) is 0 Å². The van der Waals surface area contributed by atoms with Crippen LogP contribution in [0.2, 0.25) is 10.3 Å². The van der Waals surface area contributed by atoms with Crippen molar-refractivity contribution in [3.05, 3.63) is 21.7 Å². The van der Waals surface area contributed by atoms with Gasteiger partial charge < -0.3 is 0 Å². The third-order valence-electron chi connectivity index (χ3n) is 1.02. The highest BCUT2D eigenvalue weighted by atomic mass is 35.5.